The van der Waals surface area contributed by atoms with Crippen LogP contribution in [0.15, 0.2) is 18.2 Å². The van der Waals surface area contributed by atoms with Crippen LogP contribution in [0.3, 0.4) is 0 Å². The van der Waals surface area contributed by atoms with Gasteiger partial charge in [-0.1, -0.05) is 24.1 Å². The van der Waals surface area contributed by atoms with Crippen LogP contribution in [-0.2, 0) is 6.42 Å². The van der Waals surface area contributed by atoms with E-state index in [1.807, 2.05) is 0 Å². The molecule has 0 radical (unpaired) electrons. The zero-order valence-electron chi connectivity index (χ0n) is 12.2. The van der Waals surface area contributed by atoms with Crippen molar-refractivity contribution in [1.29, 1.82) is 0 Å². The number of ether oxygens (including phenoxy) is 1. The minimum Gasteiger partial charge on any atom is -0.496 e. The number of rotatable bonds is 6. The number of hydrogen-bond donors (Lipinski definition) is 1. The first-order valence-corrected chi connectivity index (χ1v) is 7.58. The smallest absolute Gasteiger partial charge is 0.122 e. The molecule has 2 aliphatic carbocycles. The van der Waals surface area contributed by atoms with Crippen molar-refractivity contribution in [3.63, 3.8) is 0 Å². The van der Waals surface area contributed by atoms with E-state index in [4.69, 9.17) is 4.74 Å². The SMILES string of the molecule is COc1ccc(C)cc1CC1(CNC2CC2)CCC1. The number of nitrogens with one attached hydrogen (secondary N) is 1. The van der Waals surface area contributed by atoms with Crippen molar-refractivity contribution in [2.24, 2.45) is 5.41 Å². The topological polar surface area (TPSA) is 21.3 Å². The highest BCUT2D eigenvalue weighted by molar-refractivity contribution is 5.38. The van der Waals surface area contributed by atoms with E-state index in [0.717, 1.165) is 18.2 Å². The maximum atomic E-state index is 5.53. The minimum atomic E-state index is 0.490. The number of aryl methyl sites for hydroxylation is 1. The van der Waals surface area contributed by atoms with Crippen molar-refractivity contribution < 1.29 is 4.74 Å². The zero-order valence-corrected chi connectivity index (χ0v) is 12.2. The molecule has 0 bridgehead atoms. The fraction of sp³-hybridized carbons (Fsp3) is 0.647. The van der Waals surface area contributed by atoms with E-state index in [1.54, 1.807) is 7.11 Å². The van der Waals surface area contributed by atoms with Gasteiger partial charge in [-0.15, -0.1) is 0 Å². The molecule has 2 heteroatoms. The van der Waals surface area contributed by atoms with Gasteiger partial charge in [0, 0.05) is 12.6 Å². The molecule has 1 aromatic rings. The summed E-state index contributed by atoms with van der Waals surface area (Å²) in [5.41, 5.74) is 3.21. The van der Waals surface area contributed by atoms with Crippen LogP contribution in [0, 0.1) is 12.3 Å². The van der Waals surface area contributed by atoms with E-state index in [1.165, 1.54) is 49.8 Å². The van der Waals surface area contributed by atoms with Crippen molar-refractivity contribution in [3.8, 4) is 5.75 Å². The number of methoxy groups -OCH3 is 1. The molecule has 0 aromatic heterocycles. The molecule has 104 valence electrons. The molecule has 0 heterocycles. The molecule has 2 fully saturated rings. The normalized spacial score (nSPS) is 20.9. The van der Waals surface area contributed by atoms with Crippen LogP contribution in [0.2, 0.25) is 0 Å². The van der Waals surface area contributed by atoms with Crippen LogP contribution < -0.4 is 10.1 Å². The van der Waals surface area contributed by atoms with Gasteiger partial charge in [-0.25, -0.2) is 0 Å². The molecule has 0 aliphatic heterocycles. The molecular formula is C17H25NO. The van der Waals surface area contributed by atoms with Gasteiger partial charge < -0.3 is 10.1 Å². The quantitative estimate of drug-likeness (QED) is 0.844. The number of benzene rings is 1. The summed E-state index contributed by atoms with van der Waals surface area (Å²) in [6.45, 7) is 3.35. The maximum Gasteiger partial charge on any atom is 0.122 e. The highest BCUT2D eigenvalue weighted by atomic mass is 16.5. The molecule has 2 aliphatic rings. The summed E-state index contributed by atoms with van der Waals surface area (Å²) in [4.78, 5) is 0. The van der Waals surface area contributed by atoms with E-state index >= 15 is 0 Å². The molecule has 19 heavy (non-hydrogen) atoms. The third kappa shape index (κ3) is 2.94. The minimum absolute atomic E-state index is 0.490. The zero-order chi connectivity index (χ0) is 13.3. The summed E-state index contributed by atoms with van der Waals surface area (Å²) < 4.78 is 5.53. The van der Waals surface area contributed by atoms with Crippen molar-refractivity contribution in [3.05, 3.63) is 29.3 Å². The van der Waals surface area contributed by atoms with Crippen molar-refractivity contribution >= 4 is 0 Å². The standard InChI is InChI=1S/C17H25NO/c1-13-4-7-16(19-2)14(10-13)11-17(8-3-9-17)12-18-15-5-6-15/h4,7,10,15,18H,3,5-6,8-9,11-12H2,1-2H3. The summed E-state index contributed by atoms with van der Waals surface area (Å²) in [6, 6.07) is 7.37. The average molecular weight is 259 g/mol. The molecule has 0 spiro atoms. The van der Waals surface area contributed by atoms with Crippen LogP contribution in [-0.4, -0.2) is 19.7 Å². The van der Waals surface area contributed by atoms with Crippen LogP contribution in [0.1, 0.15) is 43.2 Å². The Kier molecular flexibility index (Phi) is 3.53. The van der Waals surface area contributed by atoms with Crippen molar-refractivity contribution in [2.75, 3.05) is 13.7 Å². The lowest BCUT2D eigenvalue weighted by atomic mass is 9.65. The van der Waals surface area contributed by atoms with Crippen molar-refractivity contribution in [2.45, 2.75) is 51.5 Å². The van der Waals surface area contributed by atoms with E-state index in [-0.39, 0.29) is 0 Å². The average Bonchev–Trinajstić information content (AvgIpc) is 3.16. The highest BCUT2D eigenvalue weighted by Gasteiger charge is 2.38. The Morgan fingerprint density at radius 1 is 1.32 bits per heavy atom. The Morgan fingerprint density at radius 2 is 2.11 bits per heavy atom. The maximum absolute atomic E-state index is 5.53. The lowest BCUT2D eigenvalue weighted by Crippen LogP contribution is -2.42. The molecule has 1 aromatic carbocycles. The van der Waals surface area contributed by atoms with Gasteiger partial charge in [0.05, 0.1) is 7.11 Å². The molecule has 3 rings (SSSR count). The highest BCUT2D eigenvalue weighted by Crippen LogP contribution is 2.45. The summed E-state index contributed by atoms with van der Waals surface area (Å²) in [5.74, 6) is 1.06. The van der Waals surface area contributed by atoms with Gasteiger partial charge in [-0.05, 0) is 56.1 Å². The van der Waals surface area contributed by atoms with Gasteiger partial charge in [0.2, 0.25) is 0 Å². The monoisotopic (exact) mass is 259 g/mol. The third-order valence-electron chi connectivity index (χ3n) is 4.76. The Labute approximate surface area is 116 Å². The van der Waals surface area contributed by atoms with Crippen LogP contribution >= 0.6 is 0 Å². The first-order chi connectivity index (χ1) is 9.21. The molecule has 1 N–H and O–H groups in total. The second-order valence-electron chi connectivity index (χ2n) is 6.50. The van der Waals surface area contributed by atoms with Crippen LogP contribution in [0.4, 0.5) is 0 Å². The van der Waals surface area contributed by atoms with Gasteiger partial charge in [0.1, 0.15) is 5.75 Å². The van der Waals surface area contributed by atoms with Crippen LogP contribution in [0.5, 0.6) is 5.75 Å². The predicted molar refractivity (Wildman–Crippen MR) is 78.7 cm³/mol. The Balaban J connectivity index is 1.72. The molecule has 0 unspecified atom stereocenters. The van der Waals surface area contributed by atoms with E-state index in [0.29, 0.717) is 5.41 Å². The first-order valence-electron chi connectivity index (χ1n) is 7.58. The van der Waals surface area contributed by atoms with Gasteiger partial charge in [0.15, 0.2) is 0 Å². The molecule has 0 amide bonds. The summed E-state index contributed by atoms with van der Waals surface area (Å²) in [6.07, 6.45) is 8.04. The summed E-state index contributed by atoms with van der Waals surface area (Å²) >= 11 is 0. The molecule has 2 nitrogen and oxygen atoms in total. The Hall–Kier alpha value is -1.02. The predicted octanol–water partition coefficient (Wildman–Crippen LogP) is 3.47. The van der Waals surface area contributed by atoms with E-state index in [2.05, 4.69) is 30.4 Å². The fourth-order valence-electron chi connectivity index (χ4n) is 3.19. The van der Waals surface area contributed by atoms with Crippen molar-refractivity contribution in [1.82, 2.24) is 5.32 Å². The first kappa shape index (κ1) is 13.0. The molecule has 0 atom stereocenters. The second-order valence-corrected chi connectivity index (χ2v) is 6.50. The van der Waals surface area contributed by atoms with Gasteiger partial charge >= 0.3 is 0 Å². The largest absolute Gasteiger partial charge is 0.496 e. The lowest BCUT2D eigenvalue weighted by Gasteiger charge is -2.43. The Bertz CT molecular complexity index is 447. The number of hydrogen-bond acceptors (Lipinski definition) is 2. The summed E-state index contributed by atoms with van der Waals surface area (Å²) in [7, 11) is 1.78. The molecule has 0 saturated heterocycles. The van der Waals surface area contributed by atoms with E-state index < -0.39 is 0 Å². The lowest BCUT2D eigenvalue weighted by molar-refractivity contribution is 0.128. The Morgan fingerprint density at radius 3 is 2.68 bits per heavy atom. The second kappa shape index (κ2) is 5.16. The molecule has 2 saturated carbocycles. The molecular weight excluding hydrogens is 234 g/mol. The summed E-state index contributed by atoms with van der Waals surface area (Å²) in [5, 5.41) is 3.73. The van der Waals surface area contributed by atoms with Crippen LogP contribution in [0.25, 0.3) is 0 Å². The van der Waals surface area contributed by atoms with Gasteiger partial charge in [0.25, 0.3) is 0 Å². The van der Waals surface area contributed by atoms with E-state index in [9.17, 15) is 0 Å². The third-order valence-corrected chi connectivity index (χ3v) is 4.76. The van der Waals surface area contributed by atoms with Gasteiger partial charge in [-0.2, -0.15) is 0 Å². The van der Waals surface area contributed by atoms with Gasteiger partial charge in [-0.3, -0.25) is 0 Å². The fourth-order valence-corrected chi connectivity index (χ4v) is 3.19.